The summed E-state index contributed by atoms with van der Waals surface area (Å²) >= 11 is 0. The molecular formula is C17H27N3O. The van der Waals surface area contributed by atoms with Crippen molar-refractivity contribution in [2.75, 3.05) is 36.4 Å². The van der Waals surface area contributed by atoms with E-state index in [0.717, 1.165) is 37.7 Å². The van der Waals surface area contributed by atoms with Gasteiger partial charge in [-0.05, 0) is 56.0 Å². The molecular weight excluding hydrogens is 262 g/mol. The highest BCUT2D eigenvalue weighted by molar-refractivity contribution is 5.92. The Balaban J connectivity index is 1.83. The van der Waals surface area contributed by atoms with Crippen molar-refractivity contribution in [3.63, 3.8) is 0 Å². The van der Waals surface area contributed by atoms with Crippen molar-refractivity contribution in [1.82, 2.24) is 5.32 Å². The number of anilines is 2. The molecule has 1 aromatic carbocycles. The van der Waals surface area contributed by atoms with Crippen LogP contribution in [0, 0.1) is 5.92 Å². The van der Waals surface area contributed by atoms with Crippen LogP contribution in [0.3, 0.4) is 0 Å². The second-order valence-electron chi connectivity index (χ2n) is 5.94. The van der Waals surface area contributed by atoms with E-state index in [1.165, 1.54) is 18.5 Å². The lowest BCUT2D eigenvalue weighted by Crippen LogP contribution is -2.32. The van der Waals surface area contributed by atoms with Gasteiger partial charge in [-0.2, -0.15) is 0 Å². The number of nitrogens with one attached hydrogen (secondary N) is 2. The lowest BCUT2D eigenvalue weighted by atomic mass is 9.99. The Morgan fingerprint density at radius 3 is 2.52 bits per heavy atom. The van der Waals surface area contributed by atoms with E-state index in [1.54, 1.807) is 0 Å². The van der Waals surface area contributed by atoms with Gasteiger partial charge in [0.15, 0.2) is 0 Å². The molecule has 1 fully saturated rings. The van der Waals surface area contributed by atoms with Crippen LogP contribution in [-0.2, 0) is 4.79 Å². The molecule has 116 valence electrons. The topological polar surface area (TPSA) is 44.4 Å². The van der Waals surface area contributed by atoms with Crippen molar-refractivity contribution in [2.45, 2.75) is 33.1 Å². The van der Waals surface area contributed by atoms with E-state index in [-0.39, 0.29) is 5.91 Å². The summed E-state index contributed by atoms with van der Waals surface area (Å²) in [5, 5.41) is 6.02. The number of amides is 1. The third-order valence-electron chi connectivity index (χ3n) is 4.01. The Kier molecular flexibility index (Phi) is 6.05. The van der Waals surface area contributed by atoms with E-state index in [2.05, 4.69) is 41.5 Å². The first kappa shape index (κ1) is 15.8. The summed E-state index contributed by atoms with van der Waals surface area (Å²) in [4.78, 5) is 14.2. The van der Waals surface area contributed by atoms with E-state index in [1.807, 2.05) is 12.1 Å². The van der Waals surface area contributed by atoms with E-state index in [0.29, 0.717) is 6.54 Å². The summed E-state index contributed by atoms with van der Waals surface area (Å²) in [5.74, 6) is 0.860. The molecule has 1 aromatic rings. The van der Waals surface area contributed by atoms with Crippen molar-refractivity contribution in [2.24, 2.45) is 5.92 Å². The highest BCUT2D eigenvalue weighted by Crippen LogP contribution is 2.24. The number of carbonyl (C=O) groups is 1. The number of benzene rings is 1. The summed E-state index contributed by atoms with van der Waals surface area (Å²) in [6, 6.07) is 8.19. The number of hydrogen-bond acceptors (Lipinski definition) is 3. The maximum Gasteiger partial charge on any atom is 0.238 e. The molecule has 0 bridgehead atoms. The molecule has 0 unspecified atom stereocenters. The molecule has 0 saturated carbocycles. The van der Waals surface area contributed by atoms with Crippen molar-refractivity contribution >= 4 is 17.3 Å². The summed E-state index contributed by atoms with van der Waals surface area (Å²) < 4.78 is 0. The first-order chi connectivity index (χ1) is 10.2. The summed E-state index contributed by atoms with van der Waals surface area (Å²) in [6.07, 6.45) is 3.57. The van der Waals surface area contributed by atoms with Crippen LogP contribution in [0.4, 0.5) is 11.4 Å². The van der Waals surface area contributed by atoms with E-state index in [9.17, 15) is 4.79 Å². The largest absolute Gasteiger partial charge is 0.372 e. The maximum atomic E-state index is 11.7. The molecule has 4 nitrogen and oxygen atoms in total. The first-order valence-corrected chi connectivity index (χ1v) is 8.04. The van der Waals surface area contributed by atoms with Crippen molar-refractivity contribution in [3.05, 3.63) is 24.3 Å². The molecule has 1 heterocycles. The number of hydrogen-bond donors (Lipinski definition) is 2. The highest BCUT2D eigenvalue weighted by atomic mass is 16.1. The predicted octanol–water partition coefficient (Wildman–Crippen LogP) is 2.86. The van der Waals surface area contributed by atoms with Gasteiger partial charge in [0.1, 0.15) is 0 Å². The molecule has 0 aliphatic carbocycles. The molecule has 1 saturated heterocycles. The van der Waals surface area contributed by atoms with Gasteiger partial charge in [-0.25, -0.2) is 0 Å². The van der Waals surface area contributed by atoms with Crippen molar-refractivity contribution in [1.29, 1.82) is 0 Å². The molecule has 0 aromatic heterocycles. The molecule has 1 aliphatic heterocycles. The SMILES string of the molecule is CCCNCC(=O)Nc1ccc(N2CCC(C)CC2)cc1. The van der Waals surface area contributed by atoms with E-state index in [4.69, 9.17) is 0 Å². The summed E-state index contributed by atoms with van der Waals surface area (Å²) in [6.45, 7) is 7.93. The normalized spacial score (nSPS) is 16.0. The molecule has 1 amide bonds. The van der Waals surface area contributed by atoms with Crippen LogP contribution >= 0.6 is 0 Å². The number of nitrogens with zero attached hydrogens (tertiary/aromatic N) is 1. The van der Waals surface area contributed by atoms with Crippen LogP contribution in [-0.4, -0.2) is 32.1 Å². The van der Waals surface area contributed by atoms with Gasteiger partial charge in [-0.1, -0.05) is 13.8 Å². The first-order valence-electron chi connectivity index (χ1n) is 8.04. The molecule has 0 atom stereocenters. The molecule has 0 spiro atoms. The van der Waals surface area contributed by atoms with Gasteiger partial charge in [0.2, 0.25) is 5.91 Å². The molecule has 4 heteroatoms. The quantitative estimate of drug-likeness (QED) is 0.792. The minimum absolute atomic E-state index is 0.0167. The fourth-order valence-corrected chi connectivity index (χ4v) is 2.61. The lowest BCUT2D eigenvalue weighted by molar-refractivity contribution is -0.115. The van der Waals surface area contributed by atoms with Crippen LogP contribution in [0.2, 0.25) is 0 Å². The average molecular weight is 289 g/mol. The van der Waals surface area contributed by atoms with Crippen LogP contribution in [0.5, 0.6) is 0 Å². The Morgan fingerprint density at radius 1 is 1.24 bits per heavy atom. The molecule has 21 heavy (non-hydrogen) atoms. The zero-order chi connectivity index (χ0) is 15.1. The summed E-state index contributed by atoms with van der Waals surface area (Å²) in [5.41, 5.74) is 2.12. The Labute approximate surface area is 127 Å². The predicted molar refractivity (Wildman–Crippen MR) is 88.8 cm³/mol. The van der Waals surface area contributed by atoms with Crippen molar-refractivity contribution < 1.29 is 4.79 Å². The Morgan fingerprint density at radius 2 is 1.90 bits per heavy atom. The van der Waals surface area contributed by atoms with E-state index >= 15 is 0 Å². The third-order valence-corrected chi connectivity index (χ3v) is 4.01. The second kappa shape index (κ2) is 8.03. The molecule has 2 rings (SSSR count). The zero-order valence-electron chi connectivity index (χ0n) is 13.2. The van der Waals surface area contributed by atoms with Gasteiger partial charge >= 0.3 is 0 Å². The van der Waals surface area contributed by atoms with Gasteiger partial charge in [0.25, 0.3) is 0 Å². The Hall–Kier alpha value is -1.55. The van der Waals surface area contributed by atoms with Crippen molar-refractivity contribution in [3.8, 4) is 0 Å². The number of rotatable bonds is 6. The van der Waals surface area contributed by atoms with Crippen LogP contribution in [0.15, 0.2) is 24.3 Å². The second-order valence-corrected chi connectivity index (χ2v) is 5.94. The van der Waals surface area contributed by atoms with Gasteiger partial charge in [-0.15, -0.1) is 0 Å². The van der Waals surface area contributed by atoms with E-state index < -0.39 is 0 Å². The van der Waals surface area contributed by atoms with Gasteiger partial charge in [0, 0.05) is 24.5 Å². The zero-order valence-corrected chi connectivity index (χ0v) is 13.2. The van der Waals surface area contributed by atoms with Gasteiger partial charge in [-0.3, -0.25) is 4.79 Å². The Bertz CT molecular complexity index is 436. The monoisotopic (exact) mass is 289 g/mol. The smallest absolute Gasteiger partial charge is 0.238 e. The lowest BCUT2D eigenvalue weighted by Gasteiger charge is -2.32. The van der Waals surface area contributed by atoms with Gasteiger partial charge < -0.3 is 15.5 Å². The molecule has 0 radical (unpaired) electrons. The van der Waals surface area contributed by atoms with Crippen LogP contribution < -0.4 is 15.5 Å². The minimum atomic E-state index is 0.0167. The average Bonchev–Trinajstić information content (AvgIpc) is 2.49. The maximum absolute atomic E-state index is 11.7. The standard InChI is InChI=1S/C17H27N3O/c1-3-10-18-13-17(21)19-15-4-6-16(7-5-15)20-11-8-14(2)9-12-20/h4-7,14,18H,3,8-13H2,1-2H3,(H,19,21). The van der Waals surface area contributed by atoms with Crippen LogP contribution in [0.1, 0.15) is 33.1 Å². The molecule has 2 N–H and O–H groups in total. The summed E-state index contributed by atoms with van der Waals surface area (Å²) in [7, 11) is 0. The number of piperidine rings is 1. The van der Waals surface area contributed by atoms with Crippen LogP contribution in [0.25, 0.3) is 0 Å². The fourth-order valence-electron chi connectivity index (χ4n) is 2.61. The highest BCUT2D eigenvalue weighted by Gasteiger charge is 2.15. The minimum Gasteiger partial charge on any atom is -0.372 e. The number of carbonyl (C=O) groups excluding carboxylic acids is 1. The van der Waals surface area contributed by atoms with Gasteiger partial charge in [0.05, 0.1) is 6.54 Å². The third kappa shape index (κ3) is 5.05. The molecule has 1 aliphatic rings. The fraction of sp³-hybridized carbons (Fsp3) is 0.588.